The van der Waals surface area contributed by atoms with Crippen LogP contribution >= 0.6 is 0 Å². The summed E-state index contributed by atoms with van der Waals surface area (Å²) in [5.41, 5.74) is 2.61. The minimum atomic E-state index is -0.459. The van der Waals surface area contributed by atoms with Crippen molar-refractivity contribution in [2.24, 2.45) is 0 Å². The number of nitrogens with zero attached hydrogens (tertiary/aromatic N) is 6. The van der Waals surface area contributed by atoms with Gasteiger partial charge in [-0.2, -0.15) is 0 Å². The van der Waals surface area contributed by atoms with E-state index in [1.807, 2.05) is 35.6 Å². The SMILES string of the molecule is COCCn1nnnc1[C@]1(N2CCOCC2)CCCN(C(=O)Nc2ccc(C)cc2C)C1. The number of morpholine rings is 1. The third-order valence-electron chi connectivity index (χ3n) is 6.45. The lowest BCUT2D eigenvalue weighted by Gasteiger charge is -2.49. The summed E-state index contributed by atoms with van der Waals surface area (Å²) in [4.78, 5) is 17.6. The molecule has 0 radical (unpaired) electrons. The second-order valence-corrected chi connectivity index (χ2v) is 8.62. The van der Waals surface area contributed by atoms with Crippen LogP contribution in [0.2, 0.25) is 0 Å². The summed E-state index contributed by atoms with van der Waals surface area (Å²) < 4.78 is 12.7. The number of hydrogen-bond donors (Lipinski definition) is 1. The molecule has 0 unspecified atom stereocenters. The Hall–Kier alpha value is -2.56. The first-order valence-corrected chi connectivity index (χ1v) is 11.2. The molecule has 0 spiro atoms. The minimum absolute atomic E-state index is 0.0924. The molecule has 10 heteroatoms. The maximum absolute atomic E-state index is 13.3. The zero-order valence-corrected chi connectivity index (χ0v) is 19.2. The van der Waals surface area contributed by atoms with Crippen LogP contribution in [-0.2, 0) is 21.6 Å². The molecule has 2 aliphatic heterocycles. The predicted octanol–water partition coefficient (Wildman–Crippen LogP) is 1.79. The fourth-order valence-corrected chi connectivity index (χ4v) is 4.80. The van der Waals surface area contributed by atoms with Gasteiger partial charge in [0, 0.05) is 39.0 Å². The number of aryl methyl sites for hydroxylation is 2. The third-order valence-corrected chi connectivity index (χ3v) is 6.45. The van der Waals surface area contributed by atoms with E-state index in [1.54, 1.807) is 7.11 Å². The molecule has 0 aliphatic carbocycles. The molecule has 1 atom stereocenters. The lowest BCUT2D eigenvalue weighted by molar-refractivity contribution is -0.0547. The molecule has 4 rings (SSSR count). The van der Waals surface area contributed by atoms with Crippen molar-refractivity contribution in [2.45, 2.75) is 38.8 Å². The van der Waals surface area contributed by atoms with Gasteiger partial charge in [0.25, 0.3) is 0 Å². The van der Waals surface area contributed by atoms with Gasteiger partial charge in [0.15, 0.2) is 5.82 Å². The summed E-state index contributed by atoms with van der Waals surface area (Å²) in [5, 5.41) is 15.8. The molecule has 1 N–H and O–H groups in total. The van der Waals surface area contributed by atoms with Gasteiger partial charge in [0.05, 0.1) is 26.4 Å². The Morgan fingerprint density at radius 1 is 1.25 bits per heavy atom. The van der Waals surface area contributed by atoms with Crippen molar-refractivity contribution in [1.29, 1.82) is 0 Å². The number of urea groups is 1. The predicted molar refractivity (Wildman–Crippen MR) is 120 cm³/mol. The molecule has 1 aromatic heterocycles. The van der Waals surface area contributed by atoms with Gasteiger partial charge in [0.2, 0.25) is 0 Å². The average Bonchev–Trinajstić information content (AvgIpc) is 3.29. The number of piperidine rings is 1. The number of ether oxygens (including phenoxy) is 2. The Kier molecular flexibility index (Phi) is 7.02. The highest BCUT2D eigenvalue weighted by Crippen LogP contribution is 2.37. The Balaban J connectivity index is 1.61. The molecular weight excluding hydrogens is 410 g/mol. The lowest BCUT2D eigenvalue weighted by atomic mass is 9.85. The van der Waals surface area contributed by atoms with Crippen LogP contribution in [0.25, 0.3) is 0 Å². The number of likely N-dealkylation sites (tertiary alicyclic amines) is 1. The number of aromatic nitrogens is 4. The molecule has 2 aromatic rings. The highest BCUT2D eigenvalue weighted by molar-refractivity contribution is 5.90. The van der Waals surface area contributed by atoms with Crippen LogP contribution in [0.3, 0.4) is 0 Å². The number of rotatable bonds is 6. The molecule has 2 saturated heterocycles. The van der Waals surface area contributed by atoms with Crippen LogP contribution in [-0.4, -0.2) is 89.1 Å². The molecule has 32 heavy (non-hydrogen) atoms. The number of benzene rings is 1. The van der Waals surface area contributed by atoms with Crippen LogP contribution in [0.1, 0.15) is 29.8 Å². The van der Waals surface area contributed by atoms with Gasteiger partial charge in [0.1, 0.15) is 5.54 Å². The number of nitrogens with one attached hydrogen (secondary N) is 1. The molecular formula is C22H33N7O3. The molecule has 0 bridgehead atoms. The van der Waals surface area contributed by atoms with Crippen molar-refractivity contribution in [3.8, 4) is 0 Å². The lowest BCUT2D eigenvalue weighted by Crippen LogP contribution is -2.61. The number of carbonyl (C=O) groups is 1. The van der Waals surface area contributed by atoms with Crippen LogP contribution in [0.5, 0.6) is 0 Å². The number of methoxy groups -OCH3 is 1. The van der Waals surface area contributed by atoms with Crippen LogP contribution in [0.15, 0.2) is 18.2 Å². The van der Waals surface area contributed by atoms with Crippen LogP contribution in [0.4, 0.5) is 10.5 Å². The van der Waals surface area contributed by atoms with E-state index in [-0.39, 0.29) is 6.03 Å². The average molecular weight is 444 g/mol. The summed E-state index contributed by atoms with van der Waals surface area (Å²) in [5.74, 6) is 0.792. The first kappa shape index (κ1) is 22.6. The van der Waals surface area contributed by atoms with Gasteiger partial charge >= 0.3 is 6.03 Å². The molecule has 2 amide bonds. The molecule has 174 valence electrons. The Labute approximate surface area is 188 Å². The first-order valence-electron chi connectivity index (χ1n) is 11.2. The van der Waals surface area contributed by atoms with E-state index in [2.05, 4.69) is 31.8 Å². The summed E-state index contributed by atoms with van der Waals surface area (Å²) >= 11 is 0. The van der Waals surface area contributed by atoms with Gasteiger partial charge in [-0.1, -0.05) is 17.7 Å². The van der Waals surface area contributed by atoms with Gasteiger partial charge in [-0.25, -0.2) is 9.48 Å². The second kappa shape index (κ2) is 9.93. The fourth-order valence-electron chi connectivity index (χ4n) is 4.80. The smallest absolute Gasteiger partial charge is 0.321 e. The van der Waals surface area contributed by atoms with E-state index >= 15 is 0 Å². The monoisotopic (exact) mass is 443 g/mol. The topological polar surface area (TPSA) is 97.6 Å². The fraction of sp³-hybridized carbons (Fsp3) is 0.636. The van der Waals surface area contributed by atoms with E-state index in [1.165, 1.54) is 5.56 Å². The molecule has 1 aromatic carbocycles. The zero-order chi connectivity index (χ0) is 22.6. The number of carbonyl (C=O) groups excluding carboxylic acids is 1. The third kappa shape index (κ3) is 4.62. The molecule has 0 saturated carbocycles. The number of tetrazole rings is 1. The Bertz CT molecular complexity index is 928. The van der Waals surface area contributed by atoms with Crippen LogP contribution in [0, 0.1) is 13.8 Å². The van der Waals surface area contributed by atoms with E-state index < -0.39 is 5.54 Å². The van der Waals surface area contributed by atoms with E-state index in [4.69, 9.17) is 9.47 Å². The van der Waals surface area contributed by atoms with Gasteiger partial charge in [-0.15, -0.1) is 5.10 Å². The van der Waals surface area contributed by atoms with Gasteiger partial charge in [-0.05, 0) is 48.7 Å². The Morgan fingerprint density at radius 3 is 2.81 bits per heavy atom. The van der Waals surface area contributed by atoms with Gasteiger partial charge in [-0.3, -0.25) is 4.90 Å². The maximum atomic E-state index is 13.3. The highest BCUT2D eigenvalue weighted by atomic mass is 16.5. The van der Waals surface area contributed by atoms with Crippen molar-refractivity contribution in [3.63, 3.8) is 0 Å². The maximum Gasteiger partial charge on any atom is 0.321 e. The summed E-state index contributed by atoms with van der Waals surface area (Å²) in [6.07, 6.45) is 1.75. The molecule has 3 heterocycles. The highest BCUT2D eigenvalue weighted by Gasteiger charge is 2.47. The van der Waals surface area contributed by atoms with Crippen molar-refractivity contribution >= 4 is 11.7 Å². The summed E-state index contributed by atoms with van der Waals surface area (Å²) in [6.45, 7) is 9.27. The molecule has 2 aliphatic rings. The minimum Gasteiger partial charge on any atom is -0.383 e. The van der Waals surface area contributed by atoms with E-state index in [9.17, 15) is 4.79 Å². The first-order chi connectivity index (χ1) is 15.5. The number of amides is 2. The molecule has 10 nitrogen and oxygen atoms in total. The van der Waals surface area contributed by atoms with Crippen molar-refractivity contribution < 1.29 is 14.3 Å². The van der Waals surface area contributed by atoms with Crippen molar-refractivity contribution in [3.05, 3.63) is 35.2 Å². The van der Waals surface area contributed by atoms with Crippen molar-refractivity contribution in [2.75, 3.05) is 58.4 Å². The Morgan fingerprint density at radius 2 is 2.06 bits per heavy atom. The summed E-state index contributed by atoms with van der Waals surface area (Å²) in [7, 11) is 1.67. The van der Waals surface area contributed by atoms with E-state index in [0.29, 0.717) is 39.5 Å². The summed E-state index contributed by atoms with van der Waals surface area (Å²) in [6, 6.07) is 5.96. The number of anilines is 1. The van der Waals surface area contributed by atoms with Gasteiger partial charge < -0.3 is 19.7 Å². The number of hydrogen-bond acceptors (Lipinski definition) is 7. The second-order valence-electron chi connectivity index (χ2n) is 8.62. The molecule has 2 fully saturated rings. The quantitative estimate of drug-likeness (QED) is 0.727. The van der Waals surface area contributed by atoms with E-state index in [0.717, 1.165) is 43.0 Å². The standard InChI is InChI=1S/C22H33N7O3/c1-17-5-6-19(18(2)15-17)23-21(30)27-8-4-7-22(16-27,28-9-13-32-14-10-28)20-24-25-26-29(20)11-12-31-3/h5-6,15H,4,7-14,16H2,1-3H3,(H,23,30)/t22-/m0/s1. The largest absolute Gasteiger partial charge is 0.383 e. The normalized spacial score (nSPS) is 22.2. The van der Waals surface area contributed by atoms with Crippen LogP contribution < -0.4 is 5.32 Å². The van der Waals surface area contributed by atoms with Crippen molar-refractivity contribution in [1.82, 2.24) is 30.0 Å². The zero-order valence-electron chi connectivity index (χ0n) is 19.2.